The van der Waals surface area contributed by atoms with Crippen molar-refractivity contribution in [2.75, 3.05) is 7.11 Å². The van der Waals surface area contributed by atoms with Crippen molar-refractivity contribution < 1.29 is 19.1 Å². The van der Waals surface area contributed by atoms with E-state index in [1.54, 1.807) is 0 Å². The molecule has 178 valence electrons. The van der Waals surface area contributed by atoms with Crippen LogP contribution in [0.25, 0.3) is 11.1 Å². The molecule has 5 nitrogen and oxygen atoms in total. The van der Waals surface area contributed by atoms with Crippen molar-refractivity contribution >= 4 is 12.1 Å². The summed E-state index contributed by atoms with van der Waals surface area (Å²) in [5, 5.41) is 0. The van der Waals surface area contributed by atoms with Gasteiger partial charge >= 0.3 is 12.1 Å². The number of carbonyl (C=O) groups excluding carboxylic acids is 2. The van der Waals surface area contributed by atoms with E-state index >= 15 is 0 Å². The molecule has 0 N–H and O–H groups in total. The molecule has 2 aromatic carbocycles. The predicted molar refractivity (Wildman–Crippen MR) is 131 cm³/mol. The summed E-state index contributed by atoms with van der Waals surface area (Å²) in [5.41, 5.74) is 2.88. The van der Waals surface area contributed by atoms with Crippen LogP contribution >= 0.6 is 0 Å². The Morgan fingerprint density at radius 3 is 2.21 bits per heavy atom. The topological polar surface area (TPSA) is 55.8 Å². The Morgan fingerprint density at radius 2 is 1.64 bits per heavy atom. The van der Waals surface area contributed by atoms with Crippen molar-refractivity contribution in [2.24, 2.45) is 5.41 Å². The molecule has 3 rings (SSSR count). The van der Waals surface area contributed by atoms with Gasteiger partial charge < -0.3 is 14.4 Å². The Morgan fingerprint density at radius 1 is 1.00 bits per heavy atom. The van der Waals surface area contributed by atoms with E-state index < -0.39 is 11.6 Å². The van der Waals surface area contributed by atoms with E-state index in [1.807, 2.05) is 74.2 Å². The third kappa shape index (κ3) is 6.59. The number of ether oxygens (including phenoxy) is 2. The molecule has 0 aliphatic heterocycles. The molecule has 0 saturated heterocycles. The van der Waals surface area contributed by atoms with Crippen LogP contribution in [0.5, 0.6) is 0 Å². The maximum Gasteiger partial charge on any atom is 0.410 e. The van der Waals surface area contributed by atoms with Gasteiger partial charge in [0.25, 0.3) is 0 Å². The molecule has 0 aromatic heterocycles. The molecule has 0 unspecified atom stereocenters. The monoisotopic (exact) mass is 451 g/mol. The number of methoxy groups -OCH3 is 1. The molecule has 1 amide bonds. The highest BCUT2D eigenvalue weighted by molar-refractivity contribution is 5.93. The first-order valence-corrected chi connectivity index (χ1v) is 11.8. The Balaban J connectivity index is 1.95. The first-order chi connectivity index (χ1) is 15.5. The number of carbonyl (C=O) groups is 2. The number of hydrogen-bond donors (Lipinski definition) is 0. The van der Waals surface area contributed by atoms with Gasteiger partial charge in [-0.3, -0.25) is 0 Å². The maximum atomic E-state index is 13.3. The number of amides is 1. The van der Waals surface area contributed by atoms with Gasteiger partial charge in [-0.2, -0.15) is 0 Å². The van der Waals surface area contributed by atoms with Crippen molar-refractivity contribution in [1.29, 1.82) is 0 Å². The molecule has 5 heteroatoms. The lowest BCUT2D eigenvalue weighted by molar-refractivity contribution is 0.00470. The van der Waals surface area contributed by atoms with Crippen LogP contribution in [-0.4, -0.2) is 35.7 Å². The average molecular weight is 452 g/mol. The first kappa shape index (κ1) is 24.8. The summed E-state index contributed by atoms with van der Waals surface area (Å²) >= 11 is 0. The molecule has 0 atom stereocenters. The number of esters is 1. The van der Waals surface area contributed by atoms with Crippen LogP contribution < -0.4 is 0 Å². The number of hydrogen-bond acceptors (Lipinski definition) is 4. The summed E-state index contributed by atoms with van der Waals surface area (Å²) < 4.78 is 10.9. The fourth-order valence-corrected chi connectivity index (χ4v) is 4.37. The van der Waals surface area contributed by atoms with Crippen LogP contribution in [0.15, 0.2) is 48.5 Å². The maximum absolute atomic E-state index is 13.3. The molecule has 1 saturated carbocycles. The second-order valence-electron chi connectivity index (χ2n) is 10.7. The molecule has 1 fully saturated rings. The summed E-state index contributed by atoms with van der Waals surface area (Å²) in [5.74, 6) is -0.406. The normalized spacial score (nSPS) is 16.2. The van der Waals surface area contributed by atoms with Crippen LogP contribution in [0, 0.1) is 5.41 Å². The molecule has 2 aromatic rings. The minimum atomic E-state index is -0.592. The molecule has 1 aliphatic carbocycles. The van der Waals surface area contributed by atoms with E-state index in [2.05, 4.69) is 13.8 Å². The molecule has 1 aliphatic rings. The van der Waals surface area contributed by atoms with Crippen LogP contribution in [0.4, 0.5) is 4.79 Å². The van der Waals surface area contributed by atoms with E-state index in [4.69, 9.17) is 9.47 Å². The molecular formula is C28H37NO4. The second-order valence-corrected chi connectivity index (χ2v) is 10.7. The zero-order valence-electron chi connectivity index (χ0n) is 20.8. The minimum Gasteiger partial charge on any atom is -0.465 e. The van der Waals surface area contributed by atoms with Gasteiger partial charge in [-0.15, -0.1) is 0 Å². The lowest BCUT2D eigenvalue weighted by atomic mass is 9.75. The summed E-state index contributed by atoms with van der Waals surface area (Å²) in [7, 11) is 1.39. The van der Waals surface area contributed by atoms with Gasteiger partial charge in [-0.05, 0) is 74.6 Å². The number of nitrogens with zero attached hydrogens (tertiary/aromatic N) is 1. The third-order valence-electron chi connectivity index (χ3n) is 6.34. The average Bonchev–Trinajstić information content (AvgIpc) is 2.76. The largest absolute Gasteiger partial charge is 0.465 e. The second kappa shape index (κ2) is 9.98. The Bertz CT molecular complexity index is 965. The number of benzene rings is 2. The highest BCUT2D eigenvalue weighted by Crippen LogP contribution is 2.38. The van der Waals surface area contributed by atoms with E-state index in [9.17, 15) is 9.59 Å². The minimum absolute atomic E-state index is 0.0761. The fraction of sp³-hybridized carbons (Fsp3) is 0.500. The Labute approximate surface area is 198 Å². The fourth-order valence-electron chi connectivity index (χ4n) is 4.37. The van der Waals surface area contributed by atoms with Crippen molar-refractivity contribution in [3.63, 3.8) is 0 Å². The van der Waals surface area contributed by atoms with E-state index in [-0.39, 0.29) is 17.6 Å². The first-order valence-electron chi connectivity index (χ1n) is 11.8. The predicted octanol–water partition coefficient (Wildman–Crippen LogP) is 6.85. The van der Waals surface area contributed by atoms with E-state index in [0.717, 1.165) is 42.4 Å². The molecule has 33 heavy (non-hydrogen) atoms. The highest BCUT2D eigenvalue weighted by atomic mass is 16.6. The quantitative estimate of drug-likeness (QED) is 0.467. The summed E-state index contributed by atoms with van der Waals surface area (Å²) in [4.78, 5) is 27.8. The van der Waals surface area contributed by atoms with Crippen LogP contribution in [0.1, 0.15) is 76.2 Å². The summed E-state index contributed by atoms with van der Waals surface area (Å²) in [6.07, 6.45) is 3.60. The molecule has 0 spiro atoms. The van der Waals surface area contributed by atoms with Crippen molar-refractivity contribution in [2.45, 2.75) is 78.5 Å². The third-order valence-corrected chi connectivity index (χ3v) is 6.34. The van der Waals surface area contributed by atoms with Gasteiger partial charge in [0, 0.05) is 6.04 Å². The van der Waals surface area contributed by atoms with E-state index in [0.29, 0.717) is 12.1 Å². The van der Waals surface area contributed by atoms with Gasteiger partial charge in [-0.25, -0.2) is 9.59 Å². The van der Waals surface area contributed by atoms with Gasteiger partial charge in [0.05, 0.1) is 19.2 Å². The Kier molecular flexibility index (Phi) is 7.51. The zero-order valence-corrected chi connectivity index (χ0v) is 20.8. The number of rotatable bonds is 5. The summed E-state index contributed by atoms with van der Waals surface area (Å²) in [6.45, 7) is 10.5. The van der Waals surface area contributed by atoms with Gasteiger partial charge in [0.2, 0.25) is 0 Å². The van der Waals surface area contributed by atoms with Crippen molar-refractivity contribution in [3.05, 3.63) is 59.7 Å². The molecule has 0 radical (unpaired) electrons. The standard InChI is InChI=1S/C28H37NO4/c1-27(2,3)33-26(31)29(23-14-16-28(4,5)17-15-23)19-22-13-12-21(18-24(22)25(30)32-6)20-10-8-7-9-11-20/h7-13,18,23H,14-17,19H2,1-6H3. The van der Waals surface area contributed by atoms with Gasteiger partial charge in [-0.1, -0.05) is 56.3 Å². The van der Waals surface area contributed by atoms with Crippen LogP contribution in [0.2, 0.25) is 0 Å². The molecule has 0 heterocycles. The lowest BCUT2D eigenvalue weighted by Gasteiger charge is -2.40. The highest BCUT2D eigenvalue weighted by Gasteiger charge is 2.35. The van der Waals surface area contributed by atoms with Crippen LogP contribution in [0.3, 0.4) is 0 Å². The zero-order chi connectivity index (χ0) is 24.2. The van der Waals surface area contributed by atoms with Gasteiger partial charge in [0.15, 0.2) is 0 Å². The van der Waals surface area contributed by atoms with Crippen molar-refractivity contribution in [1.82, 2.24) is 4.90 Å². The molecule has 0 bridgehead atoms. The summed E-state index contributed by atoms with van der Waals surface area (Å²) in [6, 6.07) is 15.8. The van der Waals surface area contributed by atoms with Gasteiger partial charge in [0.1, 0.15) is 5.60 Å². The lowest BCUT2D eigenvalue weighted by Crippen LogP contribution is -2.45. The van der Waals surface area contributed by atoms with E-state index in [1.165, 1.54) is 7.11 Å². The van der Waals surface area contributed by atoms with Crippen molar-refractivity contribution in [3.8, 4) is 11.1 Å². The SMILES string of the molecule is COC(=O)c1cc(-c2ccccc2)ccc1CN(C(=O)OC(C)(C)C)C1CCC(C)(C)CC1. The Hall–Kier alpha value is -2.82. The van der Waals surface area contributed by atoms with Crippen LogP contribution in [-0.2, 0) is 16.0 Å². The smallest absolute Gasteiger partial charge is 0.410 e. The molecular weight excluding hydrogens is 414 g/mol.